The highest BCUT2D eigenvalue weighted by Gasteiger charge is 2.14. The second-order valence-corrected chi connectivity index (χ2v) is 5.93. The topological polar surface area (TPSA) is 80.2 Å². The van der Waals surface area contributed by atoms with Gasteiger partial charge in [-0.25, -0.2) is 9.97 Å². The minimum absolute atomic E-state index is 0.165. The summed E-state index contributed by atoms with van der Waals surface area (Å²) in [7, 11) is 1.60. The summed E-state index contributed by atoms with van der Waals surface area (Å²) in [6, 6.07) is 12.6. The molecule has 0 aliphatic carbocycles. The predicted molar refractivity (Wildman–Crippen MR) is 101 cm³/mol. The molecule has 0 fully saturated rings. The molecule has 3 rings (SSSR count). The summed E-state index contributed by atoms with van der Waals surface area (Å²) in [4.78, 5) is 13.5. The molecule has 2 aromatic heterocycles. The largest absolute Gasteiger partial charge is 0.508 e. The van der Waals surface area contributed by atoms with Crippen LogP contribution in [0.1, 0.15) is 31.1 Å². The Bertz CT molecular complexity index is 884. The summed E-state index contributed by atoms with van der Waals surface area (Å²) in [6.45, 7) is 4.01. The average Bonchev–Trinajstić information content (AvgIpc) is 2.68. The lowest BCUT2D eigenvalue weighted by atomic mass is 10.1. The Hall–Kier alpha value is -3.15. The van der Waals surface area contributed by atoms with Gasteiger partial charge in [0.15, 0.2) is 5.82 Å². The van der Waals surface area contributed by atoms with Crippen LogP contribution in [0.4, 0.5) is 5.82 Å². The molecule has 134 valence electrons. The van der Waals surface area contributed by atoms with Gasteiger partial charge >= 0.3 is 0 Å². The number of hydrogen-bond acceptors (Lipinski definition) is 6. The van der Waals surface area contributed by atoms with Crippen molar-refractivity contribution in [2.45, 2.75) is 26.3 Å². The van der Waals surface area contributed by atoms with Crippen LogP contribution in [-0.4, -0.2) is 27.2 Å². The van der Waals surface area contributed by atoms with Crippen LogP contribution in [0.25, 0.3) is 11.5 Å². The van der Waals surface area contributed by atoms with Crippen LogP contribution in [0.3, 0.4) is 0 Å². The van der Waals surface area contributed by atoms with Crippen LogP contribution in [0.2, 0.25) is 0 Å². The van der Waals surface area contributed by atoms with Crippen LogP contribution in [0.15, 0.2) is 48.7 Å². The summed E-state index contributed by atoms with van der Waals surface area (Å²) in [6.07, 6.45) is 2.51. The number of benzene rings is 1. The van der Waals surface area contributed by atoms with Gasteiger partial charge in [-0.3, -0.25) is 4.98 Å². The number of phenolic OH excluding ortho intramolecular Hbond substituents is 1. The van der Waals surface area contributed by atoms with Gasteiger partial charge in [0.05, 0.1) is 13.2 Å². The number of rotatable bonds is 6. The fourth-order valence-electron chi connectivity index (χ4n) is 2.67. The molecule has 1 unspecified atom stereocenters. The molecule has 0 aliphatic heterocycles. The number of anilines is 1. The lowest BCUT2D eigenvalue weighted by Gasteiger charge is -2.18. The van der Waals surface area contributed by atoms with Gasteiger partial charge in [0.1, 0.15) is 23.0 Å². The van der Waals surface area contributed by atoms with Crippen LogP contribution in [0, 0.1) is 0 Å². The second-order valence-electron chi connectivity index (χ2n) is 5.93. The van der Waals surface area contributed by atoms with E-state index in [1.54, 1.807) is 25.4 Å². The van der Waals surface area contributed by atoms with Crippen LogP contribution >= 0.6 is 0 Å². The number of phenols is 1. The molecule has 0 amide bonds. The van der Waals surface area contributed by atoms with Crippen molar-refractivity contribution in [2.24, 2.45) is 0 Å². The van der Waals surface area contributed by atoms with Gasteiger partial charge in [0, 0.05) is 23.5 Å². The third kappa shape index (κ3) is 3.91. The first kappa shape index (κ1) is 17.7. The summed E-state index contributed by atoms with van der Waals surface area (Å²) < 4.78 is 5.25. The molecule has 0 spiro atoms. The SMILES string of the molecule is CCc1cc(NC(C)c2cc(OC)ccc2O)nc(-c2ccccn2)n1. The zero-order valence-electron chi connectivity index (χ0n) is 15.1. The molecule has 2 heterocycles. The van der Waals surface area contributed by atoms with E-state index < -0.39 is 0 Å². The van der Waals surface area contributed by atoms with Gasteiger partial charge in [0.25, 0.3) is 0 Å². The maximum atomic E-state index is 10.2. The lowest BCUT2D eigenvalue weighted by molar-refractivity contribution is 0.410. The Morgan fingerprint density at radius 2 is 2.00 bits per heavy atom. The first-order chi connectivity index (χ1) is 12.6. The minimum Gasteiger partial charge on any atom is -0.508 e. The van der Waals surface area contributed by atoms with E-state index in [-0.39, 0.29) is 11.8 Å². The van der Waals surface area contributed by atoms with Crippen molar-refractivity contribution in [3.63, 3.8) is 0 Å². The highest BCUT2D eigenvalue weighted by molar-refractivity contribution is 5.54. The van der Waals surface area contributed by atoms with Gasteiger partial charge in [0.2, 0.25) is 0 Å². The van der Waals surface area contributed by atoms with E-state index in [1.807, 2.05) is 44.2 Å². The Morgan fingerprint density at radius 1 is 1.15 bits per heavy atom. The van der Waals surface area contributed by atoms with Gasteiger partial charge in [-0.2, -0.15) is 0 Å². The Labute approximate surface area is 152 Å². The highest BCUT2D eigenvalue weighted by atomic mass is 16.5. The zero-order valence-corrected chi connectivity index (χ0v) is 15.1. The van der Waals surface area contributed by atoms with Gasteiger partial charge < -0.3 is 15.2 Å². The van der Waals surface area contributed by atoms with Crippen molar-refractivity contribution in [1.82, 2.24) is 15.0 Å². The molecule has 0 saturated carbocycles. The molecule has 6 heteroatoms. The zero-order chi connectivity index (χ0) is 18.5. The first-order valence-electron chi connectivity index (χ1n) is 8.53. The van der Waals surface area contributed by atoms with E-state index in [0.717, 1.165) is 23.4 Å². The van der Waals surface area contributed by atoms with E-state index in [2.05, 4.69) is 20.3 Å². The van der Waals surface area contributed by atoms with Gasteiger partial charge in [-0.1, -0.05) is 13.0 Å². The fraction of sp³-hybridized carbons (Fsp3) is 0.250. The summed E-state index contributed by atoms with van der Waals surface area (Å²) in [5.74, 6) is 2.17. The second kappa shape index (κ2) is 7.82. The number of methoxy groups -OCH3 is 1. The molecule has 1 atom stereocenters. The molecule has 3 aromatic rings. The highest BCUT2D eigenvalue weighted by Crippen LogP contribution is 2.30. The van der Waals surface area contributed by atoms with Gasteiger partial charge in [-0.05, 0) is 43.7 Å². The van der Waals surface area contributed by atoms with Crippen LogP contribution in [-0.2, 0) is 6.42 Å². The fourth-order valence-corrected chi connectivity index (χ4v) is 2.67. The molecular formula is C20H22N4O2. The standard InChI is InChI=1S/C20H22N4O2/c1-4-14-11-19(24-20(23-14)17-7-5-6-10-21-17)22-13(2)16-12-15(26-3)8-9-18(16)25/h5-13,25H,4H2,1-3H3,(H,22,23,24). The van der Waals surface area contributed by atoms with Crippen molar-refractivity contribution in [2.75, 3.05) is 12.4 Å². The maximum absolute atomic E-state index is 10.2. The summed E-state index contributed by atoms with van der Waals surface area (Å²) in [5.41, 5.74) is 2.38. The molecule has 2 N–H and O–H groups in total. The third-order valence-corrected chi connectivity index (χ3v) is 4.10. The normalized spacial score (nSPS) is 11.8. The molecule has 0 radical (unpaired) electrons. The van der Waals surface area contributed by atoms with E-state index in [0.29, 0.717) is 17.4 Å². The Morgan fingerprint density at radius 3 is 2.69 bits per heavy atom. The van der Waals surface area contributed by atoms with Crippen LogP contribution in [0.5, 0.6) is 11.5 Å². The Balaban J connectivity index is 1.92. The summed E-state index contributed by atoms with van der Waals surface area (Å²) >= 11 is 0. The van der Waals surface area contributed by atoms with Crippen LogP contribution < -0.4 is 10.1 Å². The van der Waals surface area contributed by atoms with Crippen molar-refractivity contribution in [3.05, 3.63) is 59.9 Å². The Kier molecular flexibility index (Phi) is 5.31. The number of nitrogens with zero attached hydrogens (tertiary/aromatic N) is 3. The number of hydrogen-bond donors (Lipinski definition) is 2. The number of aromatic nitrogens is 3. The van der Waals surface area contributed by atoms with E-state index in [1.165, 1.54) is 0 Å². The third-order valence-electron chi connectivity index (χ3n) is 4.10. The van der Waals surface area contributed by atoms with E-state index >= 15 is 0 Å². The number of nitrogens with one attached hydrogen (secondary N) is 1. The molecule has 1 aromatic carbocycles. The first-order valence-corrected chi connectivity index (χ1v) is 8.53. The molecule has 0 bridgehead atoms. The maximum Gasteiger partial charge on any atom is 0.180 e. The minimum atomic E-state index is -0.165. The lowest BCUT2D eigenvalue weighted by Crippen LogP contribution is -2.10. The van der Waals surface area contributed by atoms with Crippen molar-refractivity contribution in [1.29, 1.82) is 0 Å². The molecule has 26 heavy (non-hydrogen) atoms. The quantitative estimate of drug-likeness (QED) is 0.700. The average molecular weight is 350 g/mol. The van der Waals surface area contributed by atoms with Crippen molar-refractivity contribution in [3.8, 4) is 23.0 Å². The number of pyridine rings is 1. The van der Waals surface area contributed by atoms with Crippen molar-refractivity contribution < 1.29 is 9.84 Å². The molecule has 0 aliphatic rings. The monoisotopic (exact) mass is 350 g/mol. The molecule has 6 nitrogen and oxygen atoms in total. The smallest absolute Gasteiger partial charge is 0.180 e. The molecular weight excluding hydrogens is 328 g/mol. The number of aromatic hydroxyl groups is 1. The van der Waals surface area contributed by atoms with Crippen molar-refractivity contribution >= 4 is 5.82 Å². The van der Waals surface area contributed by atoms with E-state index in [4.69, 9.17) is 4.74 Å². The van der Waals surface area contributed by atoms with Gasteiger partial charge in [-0.15, -0.1) is 0 Å². The van der Waals surface area contributed by atoms with E-state index in [9.17, 15) is 5.11 Å². The number of aryl methyl sites for hydroxylation is 1. The summed E-state index contributed by atoms with van der Waals surface area (Å²) in [5, 5.41) is 13.5. The molecule has 0 saturated heterocycles. The number of ether oxygens (including phenoxy) is 1. The predicted octanol–water partition coefficient (Wildman–Crippen LogP) is 3.99.